The van der Waals surface area contributed by atoms with Gasteiger partial charge in [0.2, 0.25) is 0 Å². The number of hydrogen-bond donors (Lipinski definition) is 2. The number of hydroxylamine groups is 1. The SMILES string of the molecule is CCCCC(ONC(=O)c1c(Cl)ccc(Cl)c1OC)C(=O)O. The van der Waals surface area contributed by atoms with Crippen molar-refractivity contribution in [3.63, 3.8) is 0 Å². The molecule has 0 aromatic heterocycles. The summed E-state index contributed by atoms with van der Waals surface area (Å²) in [5.41, 5.74) is 2.07. The van der Waals surface area contributed by atoms with E-state index in [2.05, 4.69) is 5.48 Å². The van der Waals surface area contributed by atoms with Crippen LogP contribution in [0.1, 0.15) is 36.5 Å². The van der Waals surface area contributed by atoms with Gasteiger partial charge in [0.1, 0.15) is 5.56 Å². The zero-order valence-electron chi connectivity index (χ0n) is 12.2. The fourth-order valence-electron chi connectivity index (χ4n) is 1.74. The molecule has 0 fully saturated rings. The lowest BCUT2D eigenvalue weighted by atomic mass is 10.1. The lowest BCUT2D eigenvalue weighted by Gasteiger charge is -2.15. The molecular formula is C14H17Cl2NO5. The largest absolute Gasteiger partial charge is 0.494 e. The molecule has 22 heavy (non-hydrogen) atoms. The van der Waals surface area contributed by atoms with Crippen LogP contribution in [-0.2, 0) is 9.63 Å². The number of aliphatic carboxylic acids is 1. The lowest BCUT2D eigenvalue weighted by molar-refractivity contribution is -0.154. The van der Waals surface area contributed by atoms with Crippen LogP contribution in [0.5, 0.6) is 5.75 Å². The summed E-state index contributed by atoms with van der Waals surface area (Å²) >= 11 is 11.9. The van der Waals surface area contributed by atoms with Crippen molar-refractivity contribution < 1.29 is 24.3 Å². The summed E-state index contributed by atoms with van der Waals surface area (Å²) in [6, 6.07) is 2.93. The summed E-state index contributed by atoms with van der Waals surface area (Å²) in [6.07, 6.45) is 0.628. The summed E-state index contributed by atoms with van der Waals surface area (Å²) in [4.78, 5) is 28.2. The predicted molar refractivity (Wildman–Crippen MR) is 82.5 cm³/mol. The summed E-state index contributed by atoms with van der Waals surface area (Å²) in [5.74, 6) is -1.79. The van der Waals surface area contributed by atoms with Gasteiger partial charge in [-0.15, -0.1) is 0 Å². The molecule has 122 valence electrons. The summed E-state index contributed by atoms with van der Waals surface area (Å²) in [6.45, 7) is 1.92. The van der Waals surface area contributed by atoms with E-state index >= 15 is 0 Å². The molecule has 0 aliphatic rings. The van der Waals surface area contributed by atoms with Gasteiger partial charge in [-0.2, -0.15) is 0 Å². The molecule has 1 aromatic carbocycles. The molecule has 0 heterocycles. The smallest absolute Gasteiger partial charge is 0.335 e. The molecule has 0 spiro atoms. The molecule has 8 heteroatoms. The van der Waals surface area contributed by atoms with Crippen molar-refractivity contribution in [3.8, 4) is 5.75 Å². The van der Waals surface area contributed by atoms with Gasteiger partial charge < -0.3 is 9.84 Å². The molecular weight excluding hydrogens is 333 g/mol. The molecule has 0 saturated heterocycles. The van der Waals surface area contributed by atoms with E-state index in [0.29, 0.717) is 6.42 Å². The number of carboxylic acids is 1. The van der Waals surface area contributed by atoms with E-state index in [0.717, 1.165) is 6.42 Å². The molecule has 0 saturated carbocycles. The number of rotatable bonds is 8. The van der Waals surface area contributed by atoms with Crippen LogP contribution in [0.3, 0.4) is 0 Å². The van der Waals surface area contributed by atoms with Crippen LogP contribution >= 0.6 is 23.2 Å². The first kappa shape index (κ1) is 18.5. The topological polar surface area (TPSA) is 84.9 Å². The number of carbonyl (C=O) groups is 2. The van der Waals surface area contributed by atoms with Crippen molar-refractivity contribution in [2.45, 2.75) is 32.3 Å². The van der Waals surface area contributed by atoms with E-state index < -0.39 is 18.0 Å². The molecule has 1 unspecified atom stereocenters. The second kappa shape index (κ2) is 8.82. The summed E-state index contributed by atoms with van der Waals surface area (Å²) in [5, 5.41) is 9.35. The van der Waals surface area contributed by atoms with Crippen LogP contribution in [0.4, 0.5) is 0 Å². The van der Waals surface area contributed by atoms with Gasteiger partial charge in [-0.3, -0.25) is 9.63 Å². The fraction of sp³-hybridized carbons (Fsp3) is 0.429. The zero-order chi connectivity index (χ0) is 16.7. The predicted octanol–water partition coefficient (Wildman–Crippen LogP) is 3.31. The molecule has 1 atom stereocenters. The molecule has 0 radical (unpaired) electrons. The van der Waals surface area contributed by atoms with Crippen molar-refractivity contribution in [2.24, 2.45) is 0 Å². The van der Waals surface area contributed by atoms with Crippen molar-refractivity contribution in [2.75, 3.05) is 7.11 Å². The van der Waals surface area contributed by atoms with Gasteiger partial charge in [-0.1, -0.05) is 43.0 Å². The molecule has 0 bridgehead atoms. The van der Waals surface area contributed by atoms with E-state index in [9.17, 15) is 9.59 Å². The number of hydrogen-bond acceptors (Lipinski definition) is 4. The third kappa shape index (κ3) is 4.76. The molecule has 2 N–H and O–H groups in total. The van der Waals surface area contributed by atoms with E-state index in [4.69, 9.17) is 37.9 Å². The van der Waals surface area contributed by atoms with Gasteiger partial charge in [0, 0.05) is 0 Å². The minimum Gasteiger partial charge on any atom is -0.494 e. The number of carboxylic acid groups (broad SMARTS) is 1. The maximum absolute atomic E-state index is 12.1. The number of unbranched alkanes of at least 4 members (excludes halogenated alkanes) is 1. The van der Waals surface area contributed by atoms with E-state index in [1.54, 1.807) is 0 Å². The zero-order valence-corrected chi connectivity index (χ0v) is 13.7. The van der Waals surface area contributed by atoms with E-state index in [1.165, 1.54) is 19.2 Å². The van der Waals surface area contributed by atoms with Crippen molar-refractivity contribution >= 4 is 35.1 Å². The van der Waals surface area contributed by atoms with Gasteiger partial charge >= 0.3 is 5.97 Å². The molecule has 6 nitrogen and oxygen atoms in total. The highest BCUT2D eigenvalue weighted by atomic mass is 35.5. The van der Waals surface area contributed by atoms with Crippen LogP contribution in [0, 0.1) is 0 Å². The van der Waals surface area contributed by atoms with Gasteiger partial charge in [-0.05, 0) is 18.6 Å². The normalized spacial score (nSPS) is 11.8. The Kier molecular flexibility index (Phi) is 7.44. The Morgan fingerprint density at radius 1 is 1.32 bits per heavy atom. The van der Waals surface area contributed by atoms with E-state index in [1.807, 2.05) is 6.92 Å². The van der Waals surface area contributed by atoms with Crippen LogP contribution in [-0.4, -0.2) is 30.2 Å². The number of ether oxygens (including phenoxy) is 1. The van der Waals surface area contributed by atoms with Gasteiger partial charge in [0.25, 0.3) is 5.91 Å². The third-order valence-electron chi connectivity index (χ3n) is 2.88. The highest BCUT2D eigenvalue weighted by Crippen LogP contribution is 2.33. The second-order valence-electron chi connectivity index (χ2n) is 4.46. The highest BCUT2D eigenvalue weighted by molar-refractivity contribution is 6.37. The first-order chi connectivity index (χ1) is 10.4. The average molecular weight is 350 g/mol. The number of methoxy groups -OCH3 is 1. The molecule has 0 aliphatic carbocycles. The maximum atomic E-state index is 12.1. The summed E-state index contributed by atoms with van der Waals surface area (Å²) < 4.78 is 5.05. The number of amides is 1. The standard InChI is InChI=1S/C14H17Cl2NO5/c1-3-4-5-10(14(19)20)22-17-13(18)11-8(15)6-7-9(16)12(11)21-2/h6-7,10H,3-5H2,1-2H3,(H,17,18)(H,19,20). The highest BCUT2D eigenvalue weighted by Gasteiger charge is 2.23. The quantitative estimate of drug-likeness (QED) is 0.703. The second-order valence-corrected chi connectivity index (χ2v) is 5.27. The van der Waals surface area contributed by atoms with Crippen molar-refractivity contribution in [3.05, 3.63) is 27.7 Å². The van der Waals surface area contributed by atoms with Crippen LogP contribution in [0.15, 0.2) is 12.1 Å². The van der Waals surface area contributed by atoms with Gasteiger partial charge in [0.15, 0.2) is 11.9 Å². The van der Waals surface area contributed by atoms with Crippen molar-refractivity contribution in [1.82, 2.24) is 5.48 Å². The van der Waals surface area contributed by atoms with Gasteiger partial charge in [-0.25, -0.2) is 10.3 Å². The molecule has 1 rings (SSSR count). The monoisotopic (exact) mass is 349 g/mol. The molecule has 1 aromatic rings. The Balaban J connectivity index is 2.85. The lowest BCUT2D eigenvalue weighted by Crippen LogP contribution is -2.34. The van der Waals surface area contributed by atoms with Crippen LogP contribution in [0.25, 0.3) is 0 Å². The van der Waals surface area contributed by atoms with Crippen LogP contribution in [0.2, 0.25) is 10.0 Å². The van der Waals surface area contributed by atoms with E-state index in [-0.39, 0.29) is 27.8 Å². The molecule has 1 amide bonds. The maximum Gasteiger partial charge on any atom is 0.335 e. The first-order valence-electron chi connectivity index (χ1n) is 6.63. The minimum absolute atomic E-state index is 0.0173. The molecule has 0 aliphatic heterocycles. The Morgan fingerprint density at radius 2 is 1.95 bits per heavy atom. The summed E-state index contributed by atoms with van der Waals surface area (Å²) in [7, 11) is 1.34. The van der Waals surface area contributed by atoms with Crippen LogP contribution < -0.4 is 10.2 Å². The number of halogens is 2. The number of nitrogens with one attached hydrogen (secondary N) is 1. The number of carbonyl (C=O) groups excluding carboxylic acids is 1. The Morgan fingerprint density at radius 3 is 2.50 bits per heavy atom. The fourth-order valence-corrected chi connectivity index (χ4v) is 2.21. The first-order valence-corrected chi connectivity index (χ1v) is 7.38. The minimum atomic E-state index is -1.15. The Hall–Kier alpha value is -1.50. The van der Waals surface area contributed by atoms with Crippen molar-refractivity contribution in [1.29, 1.82) is 0 Å². The Labute approximate surface area is 138 Å². The number of benzene rings is 1. The average Bonchev–Trinajstić information content (AvgIpc) is 2.48. The van der Waals surface area contributed by atoms with Gasteiger partial charge in [0.05, 0.1) is 17.2 Å². The Bertz CT molecular complexity index is 550. The third-order valence-corrected chi connectivity index (χ3v) is 3.49.